The lowest BCUT2D eigenvalue weighted by molar-refractivity contribution is 0.191. The van der Waals surface area contributed by atoms with Gasteiger partial charge in [0.15, 0.2) is 6.23 Å². The van der Waals surface area contributed by atoms with Gasteiger partial charge < -0.3 is 15.4 Å². The van der Waals surface area contributed by atoms with Crippen molar-refractivity contribution in [3.63, 3.8) is 0 Å². The molecule has 0 saturated heterocycles. The van der Waals surface area contributed by atoms with Gasteiger partial charge in [-0.3, -0.25) is 4.98 Å². The predicted molar refractivity (Wildman–Crippen MR) is 55.4 cm³/mol. The number of pyridine rings is 1. The highest BCUT2D eigenvalue weighted by molar-refractivity contribution is 5.63. The van der Waals surface area contributed by atoms with E-state index in [9.17, 15) is 0 Å². The summed E-state index contributed by atoms with van der Waals surface area (Å²) >= 11 is 0. The zero-order valence-corrected chi connectivity index (χ0v) is 8.24. The van der Waals surface area contributed by atoms with Gasteiger partial charge in [0.05, 0.1) is 5.69 Å². The van der Waals surface area contributed by atoms with E-state index in [4.69, 9.17) is 4.74 Å². The van der Waals surface area contributed by atoms with Gasteiger partial charge in [0.25, 0.3) is 0 Å². The van der Waals surface area contributed by atoms with Crippen LogP contribution in [-0.2, 0) is 4.74 Å². The van der Waals surface area contributed by atoms with E-state index >= 15 is 0 Å². The summed E-state index contributed by atoms with van der Waals surface area (Å²) in [7, 11) is 1.87. The zero-order valence-electron chi connectivity index (χ0n) is 8.24. The fourth-order valence-electron chi connectivity index (χ4n) is 1.31. The Bertz CT molecular complexity index is 362. The first-order valence-electron chi connectivity index (χ1n) is 4.55. The summed E-state index contributed by atoms with van der Waals surface area (Å²) in [5.74, 6) is 0.835. The van der Waals surface area contributed by atoms with E-state index in [0.717, 1.165) is 17.0 Å². The molecule has 0 amide bonds. The number of nitrogens with one attached hydrogen (secondary N) is 2. The number of hydrogen-bond acceptors (Lipinski definition) is 4. The minimum Gasteiger partial charge on any atom is -0.469 e. The van der Waals surface area contributed by atoms with Crippen molar-refractivity contribution in [2.45, 2.75) is 13.2 Å². The van der Waals surface area contributed by atoms with Crippen molar-refractivity contribution in [1.29, 1.82) is 0 Å². The van der Waals surface area contributed by atoms with E-state index in [1.54, 1.807) is 12.4 Å². The Labute approximate surface area is 83.0 Å². The van der Waals surface area contributed by atoms with E-state index in [1.165, 1.54) is 0 Å². The Kier molecular flexibility index (Phi) is 2.26. The molecule has 0 spiro atoms. The average molecular weight is 191 g/mol. The van der Waals surface area contributed by atoms with Crippen LogP contribution in [0.25, 0.3) is 5.76 Å². The van der Waals surface area contributed by atoms with Crippen molar-refractivity contribution in [3.05, 3.63) is 30.2 Å². The number of nitrogens with zero attached hydrogens (tertiary/aromatic N) is 1. The number of hydrogen-bond donors (Lipinski definition) is 2. The van der Waals surface area contributed by atoms with Gasteiger partial charge in [-0.2, -0.15) is 0 Å². The molecule has 0 aromatic carbocycles. The molecule has 0 aliphatic carbocycles. The van der Waals surface area contributed by atoms with Crippen LogP contribution in [0.2, 0.25) is 0 Å². The Hall–Kier alpha value is -1.71. The molecular weight excluding hydrogens is 178 g/mol. The van der Waals surface area contributed by atoms with Gasteiger partial charge in [0.1, 0.15) is 5.76 Å². The molecule has 0 saturated carbocycles. The first-order chi connectivity index (χ1) is 6.79. The van der Waals surface area contributed by atoms with Crippen molar-refractivity contribution >= 4 is 11.4 Å². The van der Waals surface area contributed by atoms with Crippen LogP contribution < -0.4 is 10.6 Å². The van der Waals surface area contributed by atoms with Gasteiger partial charge in [0.2, 0.25) is 0 Å². The summed E-state index contributed by atoms with van der Waals surface area (Å²) in [4.78, 5) is 4.11. The molecule has 0 unspecified atom stereocenters. The van der Waals surface area contributed by atoms with Gasteiger partial charge in [-0.15, -0.1) is 0 Å². The van der Waals surface area contributed by atoms with Crippen LogP contribution in [0.15, 0.2) is 24.7 Å². The highest BCUT2D eigenvalue weighted by Crippen LogP contribution is 2.21. The minimum atomic E-state index is 0.0447. The number of anilines is 1. The first-order valence-corrected chi connectivity index (χ1v) is 4.55. The molecule has 4 heteroatoms. The Morgan fingerprint density at radius 2 is 2.36 bits per heavy atom. The summed E-state index contributed by atoms with van der Waals surface area (Å²) in [5.41, 5.74) is 1.96. The Morgan fingerprint density at radius 3 is 3.00 bits per heavy atom. The Morgan fingerprint density at radius 1 is 1.50 bits per heavy atom. The molecule has 0 radical (unpaired) electrons. The van der Waals surface area contributed by atoms with E-state index in [2.05, 4.69) is 15.6 Å². The minimum absolute atomic E-state index is 0.0447. The van der Waals surface area contributed by atoms with Crippen LogP contribution in [0.4, 0.5) is 5.69 Å². The summed E-state index contributed by atoms with van der Waals surface area (Å²) in [5, 5.41) is 6.11. The van der Waals surface area contributed by atoms with Crippen LogP contribution in [0.3, 0.4) is 0 Å². The third-order valence-corrected chi connectivity index (χ3v) is 2.06. The molecule has 2 N–H and O–H groups in total. The largest absolute Gasteiger partial charge is 0.469 e. The number of aromatic nitrogens is 1. The van der Waals surface area contributed by atoms with E-state index in [0.29, 0.717) is 0 Å². The molecule has 1 atom stereocenters. The molecule has 0 bridgehead atoms. The molecule has 74 valence electrons. The van der Waals surface area contributed by atoms with Gasteiger partial charge in [0, 0.05) is 31.2 Å². The molecule has 1 aliphatic heterocycles. The number of rotatable bonds is 2. The lowest BCUT2D eigenvalue weighted by atomic mass is 10.2. The Balaban J connectivity index is 2.24. The molecule has 2 heterocycles. The molecular formula is C10H13N3O. The van der Waals surface area contributed by atoms with Crippen molar-refractivity contribution in [3.8, 4) is 0 Å². The maximum Gasteiger partial charge on any atom is 0.166 e. The molecule has 0 fully saturated rings. The fraction of sp³-hybridized carbons (Fsp3) is 0.300. The maximum atomic E-state index is 5.53. The normalized spacial score (nSPS) is 19.6. The molecule has 1 aromatic heterocycles. The van der Waals surface area contributed by atoms with Crippen LogP contribution in [0, 0.1) is 0 Å². The SMILES string of the molecule is CNc1cncc(C2=CN[C@@H](C)O2)c1. The fourth-order valence-corrected chi connectivity index (χ4v) is 1.31. The number of ether oxygens (including phenoxy) is 1. The van der Waals surface area contributed by atoms with E-state index < -0.39 is 0 Å². The summed E-state index contributed by atoms with van der Waals surface area (Å²) in [6, 6.07) is 2.00. The second-order valence-corrected chi connectivity index (χ2v) is 3.15. The van der Waals surface area contributed by atoms with Gasteiger partial charge >= 0.3 is 0 Å². The highest BCUT2D eigenvalue weighted by Gasteiger charge is 2.14. The third kappa shape index (κ3) is 1.64. The zero-order chi connectivity index (χ0) is 9.97. The first kappa shape index (κ1) is 8.87. The smallest absolute Gasteiger partial charge is 0.166 e. The van der Waals surface area contributed by atoms with Gasteiger partial charge in [-0.1, -0.05) is 0 Å². The van der Waals surface area contributed by atoms with Gasteiger partial charge in [-0.05, 0) is 13.0 Å². The summed E-state index contributed by atoms with van der Waals surface area (Å²) < 4.78 is 5.53. The van der Waals surface area contributed by atoms with Crippen LogP contribution >= 0.6 is 0 Å². The molecule has 1 aliphatic rings. The molecule has 2 rings (SSSR count). The van der Waals surface area contributed by atoms with E-state index in [1.807, 2.05) is 26.2 Å². The van der Waals surface area contributed by atoms with Crippen molar-refractivity contribution in [2.24, 2.45) is 0 Å². The second kappa shape index (κ2) is 3.57. The maximum absolute atomic E-state index is 5.53. The monoisotopic (exact) mass is 191 g/mol. The summed E-state index contributed by atoms with van der Waals surface area (Å²) in [6.07, 6.45) is 5.46. The van der Waals surface area contributed by atoms with Crippen molar-refractivity contribution in [1.82, 2.24) is 10.3 Å². The molecule has 4 nitrogen and oxygen atoms in total. The van der Waals surface area contributed by atoms with E-state index in [-0.39, 0.29) is 6.23 Å². The third-order valence-electron chi connectivity index (χ3n) is 2.06. The van der Waals surface area contributed by atoms with Gasteiger partial charge in [-0.25, -0.2) is 0 Å². The standard InChI is InChI=1S/C10H13N3O/c1-7-13-6-10(14-7)8-3-9(11-2)5-12-4-8/h3-7,11,13H,1-2H3/t7-/m1/s1. The topological polar surface area (TPSA) is 46.2 Å². The lowest BCUT2D eigenvalue weighted by Gasteiger charge is -2.08. The molecule has 14 heavy (non-hydrogen) atoms. The summed E-state index contributed by atoms with van der Waals surface area (Å²) in [6.45, 7) is 1.96. The molecule has 1 aromatic rings. The predicted octanol–water partition coefficient (Wildman–Crippen LogP) is 1.39. The van der Waals surface area contributed by atoms with Crippen LogP contribution in [0.5, 0.6) is 0 Å². The highest BCUT2D eigenvalue weighted by atomic mass is 16.5. The average Bonchev–Trinajstić information content (AvgIpc) is 2.65. The lowest BCUT2D eigenvalue weighted by Crippen LogP contribution is -2.15. The van der Waals surface area contributed by atoms with Crippen molar-refractivity contribution in [2.75, 3.05) is 12.4 Å². The van der Waals surface area contributed by atoms with Crippen LogP contribution in [0.1, 0.15) is 12.5 Å². The quantitative estimate of drug-likeness (QED) is 0.741. The van der Waals surface area contributed by atoms with Crippen LogP contribution in [-0.4, -0.2) is 18.3 Å². The van der Waals surface area contributed by atoms with Crippen molar-refractivity contribution < 1.29 is 4.74 Å². The second-order valence-electron chi connectivity index (χ2n) is 3.15.